The van der Waals surface area contributed by atoms with Crippen molar-refractivity contribution in [2.75, 3.05) is 7.11 Å². The van der Waals surface area contributed by atoms with E-state index in [2.05, 4.69) is 0 Å². The van der Waals surface area contributed by atoms with Crippen LogP contribution in [0.5, 0.6) is 0 Å². The number of rotatable bonds is 2. The maximum Gasteiger partial charge on any atom is 0.328 e. The van der Waals surface area contributed by atoms with Crippen LogP contribution in [-0.4, -0.2) is 40.5 Å². The number of aryl methyl sites for hydroxylation is 1. The molecule has 0 aromatic carbocycles. The van der Waals surface area contributed by atoms with Crippen molar-refractivity contribution in [2.45, 2.75) is 44.2 Å². The summed E-state index contributed by atoms with van der Waals surface area (Å²) in [5.74, 6) is 0.103. The highest BCUT2D eigenvalue weighted by Gasteiger charge is 2.48. The molecule has 5 heteroatoms. The fourth-order valence-electron chi connectivity index (χ4n) is 3.91. The van der Waals surface area contributed by atoms with Crippen LogP contribution in [0.1, 0.15) is 42.6 Å². The van der Waals surface area contributed by atoms with Crippen LogP contribution in [-0.2, 0) is 16.6 Å². The largest absolute Gasteiger partial charge is 0.467 e. The number of hydrogen-bond acceptors (Lipinski definition) is 3. The van der Waals surface area contributed by atoms with E-state index in [9.17, 15) is 9.59 Å². The molecule has 1 aliphatic carbocycles. The van der Waals surface area contributed by atoms with Gasteiger partial charge in [0.1, 0.15) is 11.7 Å². The Labute approximate surface area is 124 Å². The number of ether oxygens (including phenoxy) is 1. The van der Waals surface area contributed by atoms with Gasteiger partial charge in [-0.05, 0) is 37.3 Å². The number of nitrogens with zero attached hydrogens (tertiary/aromatic N) is 2. The van der Waals surface area contributed by atoms with Crippen molar-refractivity contribution in [3.63, 3.8) is 0 Å². The van der Waals surface area contributed by atoms with E-state index in [-0.39, 0.29) is 17.9 Å². The number of carbonyl (C=O) groups is 2. The highest BCUT2D eigenvalue weighted by atomic mass is 16.5. The molecule has 1 aliphatic heterocycles. The van der Waals surface area contributed by atoms with Crippen molar-refractivity contribution >= 4 is 11.9 Å². The SMILES string of the molecule is COC(=O)[C@@H]1C[C@H]2CCCC[C@H]2N1C(=O)c1cccn1C. The third-order valence-electron chi connectivity index (χ3n) is 4.96. The molecule has 3 rings (SSSR count). The molecule has 2 aliphatic rings. The summed E-state index contributed by atoms with van der Waals surface area (Å²) >= 11 is 0. The summed E-state index contributed by atoms with van der Waals surface area (Å²) < 4.78 is 6.74. The first-order chi connectivity index (χ1) is 10.1. The lowest BCUT2D eigenvalue weighted by atomic mass is 9.84. The Bertz CT molecular complexity index is 551. The second kappa shape index (κ2) is 5.54. The summed E-state index contributed by atoms with van der Waals surface area (Å²) in [6.07, 6.45) is 7.03. The summed E-state index contributed by atoms with van der Waals surface area (Å²) in [6.45, 7) is 0. The first-order valence-electron chi connectivity index (χ1n) is 7.65. The van der Waals surface area contributed by atoms with Gasteiger partial charge < -0.3 is 14.2 Å². The molecule has 2 fully saturated rings. The van der Waals surface area contributed by atoms with Crippen LogP contribution in [0, 0.1) is 5.92 Å². The minimum atomic E-state index is -0.425. The third kappa shape index (κ3) is 2.34. The van der Waals surface area contributed by atoms with Gasteiger partial charge >= 0.3 is 5.97 Å². The van der Waals surface area contributed by atoms with Crippen molar-refractivity contribution in [1.82, 2.24) is 9.47 Å². The van der Waals surface area contributed by atoms with Crippen molar-refractivity contribution in [3.05, 3.63) is 24.0 Å². The Morgan fingerprint density at radius 2 is 2.05 bits per heavy atom. The molecule has 0 radical (unpaired) electrons. The van der Waals surface area contributed by atoms with Gasteiger partial charge in [-0.3, -0.25) is 4.79 Å². The Morgan fingerprint density at radius 3 is 2.71 bits per heavy atom. The molecule has 21 heavy (non-hydrogen) atoms. The molecule has 1 amide bonds. The van der Waals surface area contributed by atoms with Gasteiger partial charge in [-0.2, -0.15) is 0 Å². The highest BCUT2D eigenvalue weighted by molar-refractivity contribution is 5.96. The van der Waals surface area contributed by atoms with Crippen molar-refractivity contribution < 1.29 is 14.3 Å². The lowest BCUT2D eigenvalue weighted by Gasteiger charge is -2.33. The van der Waals surface area contributed by atoms with E-state index in [0.717, 1.165) is 25.7 Å². The fourth-order valence-corrected chi connectivity index (χ4v) is 3.91. The Kier molecular flexibility index (Phi) is 3.74. The first-order valence-corrected chi connectivity index (χ1v) is 7.65. The molecule has 0 N–H and O–H groups in total. The van der Waals surface area contributed by atoms with E-state index in [0.29, 0.717) is 11.6 Å². The molecule has 1 aromatic rings. The van der Waals surface area contributed by atoms with Gasteiger partial charge in [0.05, 0.1) is 7.11 Å². The quantitative estimate of drug-likeness (QED) is 0.783. The van der Waals surface area contributed by atoms with E-state index < -0.39 is 6.04 Å². The molecular formula is C16H22N2O3. The maximum absolute atomic E-state index is 12.9. The number of esters is 1. The normalized spacial score (nSPS) is 28.3. The van der Waals surface area contributed by atoms with Gasteiger partial charge in [0.15, 0.2) is 0 Å². The van der Waals surface area contributed by atoms with Crippen LogP contribution in [0.15, 0.2) is 18.3 Å². The zero-order valence-electron chi connectivity index (χ0n) is 12.6. The van der Waals surface area contributed by atoms with Gasteiger partial charge in [-0.25, -0.2) is 4.79 Å². The minimum absolute atomic E-state index is 0.0488. The number of amides is 1. The molecule has 0 unspecified atom stereocenters. The standard InChI is InChI=1S/C16H22N2O3/c1-17-9-5-8-13(17)15(19)18-12-7-4-3-6-11(12)10-14(18)16(20)21-2/h5,8-9,11-12,14H,3-4,6-7,10H2,1-2H3/t11-,12-,14+/m1/s1. The van der Waals surface area contributed by atoms with Crippen LogP contribution in [0.25, 0.3) is 0 Å². The highest BCUT2D eigenvalue weighted by Crippen LogP contribution is 2.40. The van der Waals surface area contributed by atoms with Crippen LogP contribution in [0.3, 0.4) is 0 Å². The van der Waals surface area contributed by atoms with Crippen LogP contribution in [0.2, 0.25) is 0 Å². The smallest absolute Gasteiger partial charge is 0.328 e. The molecule has 1 saturated heterocycles. The zero-order valence-corrected chi connectivity index (χ0v) is 12.6. The Morgan fingerprint density at radius 1 is 1.29 bits per heavy atom. The lowest BCUT2D eigenvalue weighted by molar-refractivity contribution is -0.145. The van der Waals surface area contributed by atoms with Crippen molar-refractivity contribution in [1.29, 1.82) is 0 Å². The molecule has 3 atom stereocenters. The number of methoxy groups -OCH3 is 1. The van der Waals surface area contributed by atoms with Gasteiger partial charge in [0.2, 0.25) is 0 Å². The average Bonchev–Trinajstić information content (AvgIpc) is 3.09. The summed E-state index contributed by atoms with van der Waals surface area (Å²) in [5, 5.41) is 0. The van der Waals surface area contributed by atoms with Crippen LogP contribution >= 0.6 is 0 Å². The van der Waals surface area contributed by atoms with Gasteiger partial charge in [-0.1, -0.05) is 12.8 Å². The molecule has 114 valence electrons. The number of hydrogen-bond donors (Lipinski definition) is 0. The number of likely N-dealkylation sites (tertiary alicyclic amines) is 1. The van der Waals surface area contributed by atoms with Gasteiger partial charge in [0, 0.05) is 19.3 Å². The first kappa shape index (κ1) is 14.2. The fraction of sp³-hybridized carbons (Fsp3) is 0.625. The van der Waals surface area contributed by atoms with E-state index in [1.165, 1.54) is 13.5 Å². The Balaban J connectivity index is 1.93. The van der Waals surface area contributed by atoms with Crippen LogP contribution in [0.4, 0.5) is 0 Å². The van der Waals surface area contributed by atoms with Gasteiger partial charge in [-0.15, -0.1) is 0 Å². The number of carbonyl (C=O) groups excluding carboxylic acids is 2. The van der Waals surface area contributed by atoms with Crippen molar-refractivity contribution in [2.24, 2.45) is 13.0 Å². The van der Waals surface area contributed by atoms with Gasteiger partial charge in [0.25, 0.3) is 5.91 Å². The number of aromatic nitrogens is 1. The lowest BCUT2D eigenvalue weighted by Crippen LogP contribution is -2.47. The predicted molar refractivity (Wildman–Crippen MR) is 77.7 cm³/mol. The summed E-state index contributed by atoms with van der Waals surface area (Å²) in [4.78, 5) is 26.8. The average molecular weight is 290 g/mol. The monoisotopic (exact) mass is 290 g/mol. The minimum Gasteiger partial charge on any atom is -0.467 e. The molecule has 0 bridgehead atoms. The molecular weight excluding hydrogens is 268 g/mol. The second-order valence-electron chi connectivity index (χ2n) is 6.10. The van der Waals surface area contributed by atoms with E-state index in [1.54, 1.807) is 4.90 Å². The molecule has 1 saturated carbocycles. The zero-order chi connectivity index (χ0) is 15.0. The summed E-state index contributed by atoms with van der Waals surface area (Å²) in [5.41, 5.74) is 0.634. The topological polar surface area (TPSA) is 51.5 Å². The summed E-state index contributed by atoms with van der Waals surface area (Å²) in [6, 6.07) is 3.43. The molecule has 1 aromatic heterocycles. The molecule has 2 heterocycles. The van der Waals surface area contributed by atoms with E-state index in [4.69, 9.17) is 4.74 Å². The maximum atomic E-state index is 12.9. The Hall–Kier alpha value is -1.78. The molecule has 5 nitrogen and oxygen atoms in total. The van der Waals surface area contributed by atoms with E-state index >= 15 is 0 Å². The second-order valence-corrected chi connectivity index (χ2v) is 6.10. The van der Waals surface area contributed by atoms with Crippen LogP contribution < -0.4 is 0 Å². The third-order valence-corrected chi connectivity index (χ3v) is 4.96. The summed E-state index contributed by atoms with van der Waals surface area (Å²) in [7, 11) is 3.25. The molecule has 0 spiro atoms. The number of fused-ring (bicyclic) bond motifs is 1. The van der Waals surface area contributed by atoms with E-state index in [1.807, 2.05) is 29.9 Å². The predicted octanol–water partition coefficient (Wildman–Crippen LogP) is 1.97. The van der Waals surface area contributed by atoms with Crippen molar-refractivity contribution in [3.8, 4) is 0 Å².